The SMILES string of the molecule is CCCCCCCCCCCCCCCCCCCCCCCCC(=O)O[C@H](COC(=O)CCCCCCCCCCCCCCCCCCCC)COP(=O)(O)OC[C@@H](O)COP(=O)(O)OC[C@@H](COC(=O)CCCCCCCCCCC(C)C)OC(=O)CCCCCCCCCCCCCCCCCC. The van der Waals surface area contributed by atoms with E-state index in [0.29, 0.717) is 25.7 Å². The third-order valence-electron chi connectivity index (χ3n) is 20.8. The molecular formula is C88H172O17P2. The van der Waals surface area contributed by atoms with Crippen molar-refractivity contribution >= 4 is 39.5 Å². The van der Waals surface area contributed by atoms with Gasteiger partial charge in [-0.1, -0.05) is 426 Å². The molecule has 0 saturated heterocycles. The molecule has 0 bridgehead atoms. The molecule has 17 nitrogen and oxygen atoms in total. The molecule has 3 N–H and O–H groups in total. The lowest BCUT2D eigenvalue weighted by atomic mass is 10.0. The van der Waals surface area contributed by atoms with Crippen molar-refractivity contribution in [3.05, 3.63) is 0 Å². The van der Waals surface area contributed by atoms with Gasteiger partial charge in [0.2, 0.25) is 0 Å². The number of hydrogen-bond acceptors (Lipinski definition) is 15. The molecular weight excluding hydrogens is 1390 g/mol. The topological polar surface area (TPSA) is 237 Å². The predicted molar refractivity (Wildman–Crippen MR) is 442 cm³/mol. The Morgan fingerprint density at radius 2 is 0.430 bits per heavy atom. The van der Waals surface area contributed by atoms with Gasteiger partial charge in [-0.25, -0.2) is 9.13 Å². The summed E-state index contributed by atoms with van der Waals surface area (Å²) in [7, 11) is -9.93. The molecule has 0 fully saturated rings. The van der Waals surface area contributed by atoms with E-state index in [-0.39, 0.29) is 25.7 Å². The molecule has 19 heteroatoms. The van der Waals surface area contributed by atoms with Gasteiger partial charge in [0.15, 0.2) is 12.2 Å². The minimum absolute atomic E-state index is 0.108. The molecule has 0 aromatic carbocycles. The molecule has 0 aliphatic rings. The second-order valence-corrected chi connectivity index (χ2v) is 35.0. The first-order chi connectivity index (χ1) is 52.0. The van der Waals surface area contributed by atoms with E-state index >= 15 is 0 Å². The summed E-state index contributed by atoms with van der Waals surface area (Å²) in [5.41, 5.74) is 0. The normalized spacial score (nSPS) is 13.7. The monoisotopic (exact) mass is 1560 g/mol. The molecule has 5 atom stereocenters. The van der Waals surface area contributed by atoms with Crippen LogP contribution in [0.3, 0.4) is 0 Å². The maximum absolute atomic E-state index is 13.2. The Morgan fingerprint density at radius 3 is 0.636 bits per heavy atom. The Kier molecular flexibility index (Phi) is 79.2. The molecule has 0 rings (SSSR count). The summed E-state index contributed by atoms with van der Waals surface area (Å²) in [5, 5.41) is 10.7. The van der Waals surface area contributed by atoms with E-state index in [1.165, 1.54) is 302 Å². The largest absolute Gasteiger partial charge is 0.472 e. The standard InChI is InChI=1S/C88H172O17P2/c1-6-9-12-15-18-21-24-27-30-33-35-36-37-38-40-43-46-49-52-59-64-69-74-87(92)104-83(77-98-85(90)71-66-61-56-50-47-44-42-39-34-31-28-25-22-19-16-13-10-7-2)79-102-106(94,95)100-75-82(89)76-101-107(96,97)103-80-84(78-99-86(91)72-67-62-57-54-53-55-60-65-70-81(4)5)105-88(93)73-68-63-58-51-48-45-41-32-29-26-23-20-17-14-11-8-3/h81-84,89H,6-80H2,1-5H3,(H,94,95)(H,96,97)/t82-,83-,84-/m1/s1. The van der Waals surface area contributed by atoms with Gasteiger partial charge in [0.25, 0.3) is 0 Å². The van der Waals surface area contributed by atoms with Crippen LogP contribution in [0.1, 0.15) is 478 Å². The zero-order valence-electron chi connectivity index (χ0n) is 70.3. The van der Waals surface area contributed by atoms with E-state index in [2.05, 4.69) is 34.6 Å². The highest BCUT2D eigenvalue weighted by Gasteiger charge is 2.30. The van der Waals surface area contributed by atoms with E-state index < -0.39 is 97.5 Å². The molecule has 0 aromatic heterocycles. The van der Waals surface area contributed by atoms with Crippen LogP contribution in [0, 0.1) is 5.92 Å². The molecule has 0 amide bonds. The summed E-state index contributed by atoms with van der Waals surface area (Å²) in [6.45, 7) is 7.34. The zero-order chi connectivity index (χ0) is 78.3. The predicted octanol–water partition coefficient (Wildman–Crippen LogP) is 27.2. The van der Waals surface area contributed by atoms with Gasteiger partial charge in [-0.2, -0.15) is 0 Å². The van der Waals surface area contributed by atoms with Gasteiger partial charge < -0.3 is 33.8 Å². The van der Waals surface area contributed by atoms with E-state index in [4.69, 9.17) is 37.0 Å². The van der Waals surface area contributed by atoms with Crippen LogP contribution in [0.25, 0.3) is 0 Å². The van der Waals surface area contributed by atoms with Crippen molar-refractivity contribution in [1.29, 1.82) is 0 Å². The van der Waals surface area contributed by atoms with Crippen molar-refractivity contribution in [3.8, 4) is 0 Å². The molecule has 0 heterocycles. The van der Waals surface area contributed by atoms with Crippen LogP contribution in [-0.4, -0.2) is 96.7 Å². The Morgan fingerprint density at radius 1 is 0.252 bits per heavy atom. The molecule has 2 unspecified atom stereocenters. The van der Waals surface area contributed by atoms with Crippen molar-refractivity contribution in [2.45, 2.75) is 496 Å². The van der Waals surface area contributed by atoms with Crippen molar-refractivity contribution in [2.75, 3.05) is 39.6 Å². The van der Waals surface area contributed by atoms with Crippen molar-refractivity contribution in [1.82, 2.24) is 0 Å². The fraction of sp³-hybridized carbons (Fsp3) is 0.955. The van der Waals surface area contributed by atoms with E-state index in [1.807, 2.05) is 0 Å². The smallest absolute Gasteiger partial charge is 0.462 e. The van der Waals surface area contributed by atoms with Crippen LogP contribution >= 0.6 is 15.6 Å². The molecule has 636 valence electrons. The number of ether oxygens (including phenoxy) is 4. The number of phosphoric acid groups is 2. The van der Waals surface area contributed by atoms with Crippen LogP contribution in [0.4, 0.5) is 0 Å². The second-order valence-electron chi connectivity index (χ2n) is 32.1. The molecule has 0 spiro atoms. The fourth-order valence-corrected chi connectivity index (χ4v) is 15.4. The molecule has 0 aromatic rings. The van der Waals surface area contributed by atoms with Gasteiger partial charge in [0, 0.05) is 25.7 Å². The average Bonchev–Trinajstić information content (AvgIpc) is 0.916. The molecule has 0 aliphatic heterocycles. The number of esters is 4. The molecule has 0 saturated carbocycles. The van der Waals surface area contributed by atoms with Crippen molar-refractivity contribution < 1.29 is 80.2 Å². The molecule has 0 aliphatic carbocycles. The summed E-state index contributed by atoms with van der Waals surface area (Å²) in [5.74, 6) is -1.37. The number of aliphatic hydroxyl groups is 1. The number of hydrogen-bond donors (Lipinski definition) is 3. The lowest BCUT2D eigenvalue weighted by Crippen LogP contribution is -2.30. The minimum atomic E-state index is -4.97. The van der Waals surface area contributed by atoms with E-state index in [9.17, 15) is 43.2 Å². The van der Waals surface area contributed by atoms with Gasteiger partial charge in [-0.3, -0.25) is 37.3 Å². The lowest BCUT2D eigenvalue weighted by Gasteiger charge is -2.21. The average molecular weight is 1560 g/mol. The first-order valence-corrected chi connectivity index (χ1v) is 48.6. The number of carbonyl (C=O) groups excluding carboxylic acids is 4. The van der Waals surface area contributed by atoms with Crippen LogP contribution in [-0.2, 0) is 65.4 Å². The molecule has 107 heavy (non-hydrogen) atoms. The number of carbonyl (C=O) groups is 4. The Bertz CT molecular complexity index is 2030. The van der Waals surface area contributed by atoms with Gasteiger partial charge in [0.1, 0.15) is 19.3 Å². The van der Waals surface area contributed by atoms with Crippen LogP contribution < -0.4 is 0 Å². The summed E-state index contributed by atoms with van der Waals surface area (Å²) < 4.78 is 69.0. The maximum Gasteiger partial charge on any atom is 0.472 e. The Hall–Kier alpha value is -1.94. The summed E-state index contributed by atoms with van der Waals surface area (Å²) >= 11 is 0. The first-order valence-electron chi connectivity index (χ1n) is 45.6. The third kappa shape index (κ3) is 81.9. The van der Waals surface area contributed by atoms with Crippen LogP contribution in [0.15, 0.2) is 0 Å². The van der Waals surface area contributed by atoms with Gasteiger partial charge in [0.05, 0.1) is 26.4 Å². The summed E-state index contributed by atoms with van der Waals surface area (Å²) in [6.07, 6.45) is 75.1. The molecule has 0 radical (unpaired) electrons. The van der Waals surface area contributed by atoms with Gasteiger partial charge in [-0.05, 0) is 31.6 Å². The highest BCUT2D eigenvalue weighted by molar-refractivity contribution is 7.47. The Balaban J connectivity index is 5.23. The van der Waals surface area contributed by atoms with E-state index in [0.717, 1.165) is 95.8 Å². The maximum atomic E-state index is 13.2. The third-order valence-corrected chi connectivity index (χ3v) is 22.7. The van der Waals surface area contributed by atoms with Gasteiger partial charge >= 0.3 is 39.5 Å². The van der Waals surface area contributed by atoms with Crippen molar-refractivity contribution in [3.63, 3.8) is 0 Å². The Labute approximate surface area is 658 Å². The fourth-order valence-electron chi connectivity index (χ4n) is 13.8. The lowest BCUT2D eigenvalue weighted by molar-refractivity contribution is -0.161. The number of aliphatic hydroxyl groups excluding tert-OH is 1. The van der Waals surface area contributed by atoms with Crippen molar-refractivity contribution in [2.24, 2.45) is 5.92 Å². The first kappa shape index (κ1) is 105. The highest BCUT2D eigenvalue weighted by Crippen LogP contribution is 2.45. The van der Waals surface area contributed by atoms with Gasteiger partial charge in [-0.15, -0.1) is 0 Å². The highest BCUT2D eigenvalue weighted by atomic mass is 31.2. The van der Waals surface area contributed by atoms with Crippen LogP contribution in [0.2, 0.25) is 0 Å². The number of phosphoric ester groups is 2. The van der Waals surface area contributed by atoms with Crippen LogP contribution in [0.5, 0.6) is 0 Å². The summed E-state index contributed by atoms with van der Waals surface area (Å²) in [4.78, 5) is 73.3. The minimum Gasteiger partial charge on any atom is -0.462 e. The zero-order valence-corrected chi connectivity index (χ0v) is 72.1. The van der Waals surface area contributed by atoms with E-state index in [1.54, 1.807) is 0 Å². The second kappa shape index (κ2) is 80.7. The quantitative estimate of drug-likeness (QED) is 0.0222. The summed E-state index contributed by atoms with van der Waals surface area (Å²) in [6, 6.07) is 0. The number of unbranched alkanes of at least 4 members (excludes halogenated alkanes) is 60. The number of rotatable bonds is 88.